The second-order valence-corrected chi connectivity index (χ2v) is 4.24. The summed E-state index contributed by atoms with van der Waals surface area (Å²) in [4.78, 5) is 0. The van der Waals surface area contributed by atoms with E-state index in [1.54, 1.807) is 6.08 Å². The quantitative estimate of drug-likeness (QED) is 0.667. The van der Waals surface area contributed by atoms with Crippen LogP contribution < -0.4 is 17.2 Å². The third-order valence-corrected chi connectivity index (χ3v) is 2.94. The van der Waals surface area contributed by atoms with E-state index in [2.05, 4.69) is 0 Å². The number of hydrogen-bond acceptors (Lipinski definition) is 3. The first-order valence-corrected chi connectivity index (χ1v) is 5.56. The standard InChI is InChI=1S/C14H17N3/c15-13-8-4-7-12(14(13,16)17)10-9-11-5-2-1-3-6-11/h1-10,12H,15-17H2. The van der Waals surface area contributed by atoms with Crippen molar-refractivity contribution in [2.75, 3.05) is 0 Å². The maximum absolute atomic E-state index is 6.01. The molecule has 3 nitrogen and oxygen atoms in total. The van der Waals surface area contributed by atoms with Crippen LogP contribution in [0.25, 0.3) is 6.08 Å². The molecule has 0 spiro atoms. The Labute approximate surface area is 101 Å². The summed E-state index contributed by atoms with van der Waals surface area (Å²) >= 11 is 0. The third-order valence-electron chi connectivity index (χ3n) is 2.94. The van der Waals surface area contributed by atoms with Crippen LogP contribution in [-0.2, 0) is 0 Å². The fraction of sp³-hybridized carbons (Fsp3) is 0.143. The number of benzene rings is 1. The summed E-state index contributed by atoms with van der Waals surface area (Å²) in [5, 5.41) is 0. The minimum atomic E-state index is -1.000. The molecule has 1 aromatic carbocycles. The van der Waals surface area contributed by atoms with Crippen molar-refractivity contribution in [2.24, 2.45) is 23.1 Å². The fourth-order valence-corrected chi connectivity index (χ4v) is 1.78. The molecular formula is C14H17N3. The minimum Gasteiger partial charge on any atom is -0.399 e. The highest BCUT2D eigenvalue weighted by Gasteiger charge is 2.31. The first-order valence-electron chi connectivity index (χ1n) is 5.56. The highest BCUT2D eigenvalue weighted by Crippen LogP contribution is 2.23. The summed E-state index contributed by atoms with van der Waals surface area (Å²) in [5.74, 6) is -0.0901. The van der Waals surface area contributed by atoms with Crippen molar-refractivity contribution in [1.29, 1.82) is 0 Å². The lowest BCUT2D eigenvalue weighted by Crippen LogP contribution is -2.58. The third kappa shape index (κ3) is 2.46. The maximum Gasteiger partial charge on any atom is 0.114 e. The molecule has 1 unspecified atom stereocenters. The van der Waals surface area contributed by atoms with Crippen molar-refractivity contribution in [1.82, 2.24) is 0 Å². The van der Waals surface area contributed by atoms with E-state index in [0.29, 0.717) is 5.70 Å². The van der Waals surface area contributed by atoms with E-state index in [0.717, 1.165) is 5.56 Å². The molecule has 0 fully saturated rings. The van der Waals surface area contributed by atoms with Gasteiger partial charge in [0, 0.05) is 11.6 Å². The normalized spacial score (nSPS) is 22.7. The van der Waals surface area contributed by atoms with Crippen molar-refractivity contribution >= 4 is 6.08 Å². The summed E-state index contributed by atoms with van der Waals surface area (Å²) in [6.07, 6.45) is 9.56. The maximum atomic E-state index is 6.01. The Morgan fingerprint density at radius 3 is 2.53 bits per heavy atom. The Kier molecular flexibility index (Phi) is 3.13. The Morgan fingerprint density at radius 2 is 1.82 bits per heavy atom. The molecule has 1 aliphatic rings. The van der Waals surface area contributed by atoms with Gasteiger partial charge in [0.1, 0.15) is 5.66 Å². The second-order valence-electron chi connectivity index (χ2n) is 4.24. The number of rotatable bonds is 2. The molecule has 0 aromatic heterocycles. The van der Waals surface area contributed by atoms with Gasteiger partial charge in [0.25, 0.3) is 0 Å². The van der Waals surface area contributed by atoms with Crippen LogP contribution in [0.15, 0.2) is 60.3 Å². The van der Waals surface area contributed by atoms with Crippen LogP contribution in [0.1, 0.15) is 5.56 Å². The van der Waals surface area contributed by atoms with Gasteiger partial charge in [-0.1, -0.05) is 54.6 Å². The molecule has 2 rings (SSSR count). The van der Waals surface area contributed by atoms with E-state index in [1.807, 2.05) is 54.6 Å². The molecule has 0 bridgehead atoms. The van der Waals surface area contributed by atoms with Gasteiger partial charge in [-0.05, 0) is 11.6 Å². The molecule has 1 aromatic rings. The van der Waals surface area contributed by atoms with Gasteiger partial charge < -0.3 is 17.2 Å². The molecule has 1 aliphatic carbocycles. The minimum absolute atomic E-state index is 0.0901. The molecule has 3 heteroatoms. The van der Waals surface area contributed by atoms with Crippen LogP contribution >= 0.6 is 0 Å². The molecule has 1 atom stereocenters. The van der Waals surface area contributed by atoms with E-state index < -0.39 is 5.66 Å². The van der Waals surface area contributed by atoms with E-state index in [-0.39, 0.29) is 5.92 Å². The number of hydrogen-bond donors (Lipinski definition) is 3. The molecule has 0 saturated carbocycles. The SMILES string of the molecule is NC1=CC=CC(C=Cc2ccccc2)C1(N)N. The van der Waals surface area contributed by atoms with Crippen LogP contribution in [-0.4, -0.2) is 5.66 Å². The molecule has 0 saturated heterocycles. The van der Waals surface area contributed by atoms with Gasteiger partial charge in [-0.15, -0.1) is 0 Å². The van der Waals surface area contributed by atoms with Crippen molar-refractivity contribution in [3.05, 3.63) is 65.9 Å². The Hall–Kier alpha value is -1.84. The lowest BCUT2D eigenvalue weighted by molar-refractivity contribution is 0.436. The van der Waals surface area contributed by atoms with E-state index >= 15 is 0 Å². The molecule has 0 amide bonds. The summed E-state index contributed by atoms with van der Waals surface area (Å²) in [6, 6.07) is 10.0. The number of allylic oxidation sites excluding steroid dienone is 2. The van der Waals surface area contributed by atoms with Crippen LogP contribution in [0.3, 0.4) is 0 Å². The van der Waals surface area contributed by atoms with Gasteiger partial charge in [0.05, 0.1) is 0 Å². The topological polar surface area (TPSA) is 78.1 Å². The smallest absolute Gasteiger partial charge is 0.114 e. The highest BCUT2D eigenvalue weighted by atomic mass is 15.0. The van der Waals surface area contributed by atoms with Crippen LogP contribution in [0, 0.1) is 5.92 Å². The van der Waals surface area contributed by atoms with Gasteiger partial charge in [0.15, 0.2) is 0 Å². The van der Waals surface area contributed by atoms with E-state index in [1.165, 1.54) is 0 Å². The lowest BCUT2D eigenvalue weighted by atomic mass is 9.86. The Bertz CT molecular complexity index is 470. The van der Waals surface area contributed by atoms with Crippen molar-refractivity contribution in [3.8, 4) is 0 Å². The zero-order valence-corrected chi connectivity index (χ0v) is 9.58. The Morgan fingerprint density at radius 1 is 1.12 bits per heavy atom. The van der Waals surface area contributed by atoms with Gasteiger partial charge in [-0.3, -0.25) is 0 Å². The summed E-state index contributed by atoms with van der Waals surface area (Å²) in [5.41, 5.74) is 18.4. The van der Waals surface area contributed by atoms with Crippen molar-refractivity contribution in [3.63, 3.8) is 0 Å². The molecular weight excluding hydrogens is 210 g/mol. The molecule has 0 aliphatic heterocycles. The molecule has 0 radical (unpaired) electrons. The van der Waals surface area contributed by atoms with E-state index in [4.69, 9.17) is 17.2 Å². The molecule has 6 N–H and O–H groups in total. The Balaban J connectivity index is 2.18. The molecule has 17 heavy (non-hydrogen) atoms. The van der Waals surface area contributed by atoms with Crippen molar-refractivity contribution in [2.45, 2.75) is 5.66 Å². The predicted molar refractivity (Wildman–Crippen MR) is 71.5 cm³/mol. The monoisotopic (exact) mass is 227 g/mol. The lowest BCUT2D eigenvalue weighted by Gasteiger charge is -2.32. The van der Waals surface area contributed by atoms with Gasteiger partial charge in [0.2, 0.25) is 0 Å². The van der Waals surface area contributed by atoms with Gasteiger partial charge in [-0.25, -0.2) is 0 Å². The highest BCUT2D eigenvalue weighted by molar-refractivity contribution is 5.51. The fourth-order valence-electron chi connectivity index (χ4n) is 1.78. The summed E-state index contributed by atoms with van der Waals surface area (Å²) in [6.45, 7) is 0. The van der Waals surface area contributed by atoms with E-state index in [9.17, 15) is 0 Å². The summed E-state index contributed by atoms with van der Waals surface area (Å²) < 4.78 is 0. The zero-order chi connectivity index (χ0) is 12.3. The van der Waals surface area contributed by atoms with Gasteiger partial charge in [-0.2, -0.15) is 0 Å². The average molecular weight is 227 g/mol. The number of nitrogens with two attached hydrogens (primary N) is 3. The summed E-state index contributed by atoms with van der Waals surface area (Å²) in [7, 11) is 0. The molecule has 0 heterocycles. The van der Waals surface area contributed by atoms with Crippen LogP contribution in [0.2, 0.25) is 0 Å². The van der Waals surface area contributed by atoms with Crippen LogP contribution in [0.4, 0.5) is 0 Å². The predicted octanol–water partition coefficient (Wildman–Crippen LogP) is 1.34. The van der Waals surface area contributed by atoms with Crippen LogP contribution in [0.5, 0.6) is 0 Å². The first kappa shape index (κ1) is 11.6. The zero-order valence-electron chi connectivity index (χ0n) is 9.58. The molecule has 88 valence electrons. The second kappa shape index (κ2) is 4.57. The average Bonchev–Trinajstić information content (AvgIpc) is 2.32. The first-order chi connectivity index (χ1) is 8.10. The van der Waals surface area contributed by atoms with Crippen molar-refractivity contribution < 1.29 is 0 Å². The largest absolute Gasteiger partial charge is 0.399 e. The van der Waals surface area contributed by atoms with Gasteiger partial charge >= 0.3 is 0 Å².